The standard InChI is InChI=1S/C18H23N3OS/c1-10-7-8-16(11(2)9-10)21-17(22)15(6)23-18-19-13(4)12(3)14(5)20-18/h7-9,15H,1-6H3,(H,21,22)/t15-/m0/s1. The first-order valence-corrected chi connectivity index (χ1v) is 8.52. The summed E-state index contributed by atoms with van der Waals surface area (Å²) in [6, 6.07) is 6.00. The van der Waals surface area contributed by atoms with Gasteiger partial charge in [-0.05, 0) is 58.7 Å². The SMILES string of the molecule is Cc1ccc(NC(=O)[C@H](C)Sc2nc(C)c(C)c(C)n2)c(C)c1. The van der Waals surface area contributed by atoms with E-state index in [1.807, 2.05) is 53.7 Å². The Kier molecular flexibility index (Phi) is 5.42. The molecule has 1 N–H and O–H groups in total. The molecule has 23 heavy (non-hydrogen) atoms. The molecule has 0 aliphatic heterocycles. The minimum absolute atomic E-state index is 0.0403. The van der Waals surface area contributed by atoms with Crippen LogP contribution >= 0.6 is 11.8 Å². The number of aryl methyl sites for hydroxylation is 4. The number of nitrogens with zero attached hydrogens (tertiary/aromatic N) is 2. The minimum Gasteiger partial charge on any atom is -0.325 e. The van der Waals surface area contributed by atoms with Crippen LogP contribution in [0.1, 0.15) is 35.0 Å². The number of thioether (sulfide) groups is 1. The number of carbonyl (C=O) groups excluding carboxylic acids is 1. The number of hydrogen-bond acceptors (Lipinski definition) is 4. The molecule has 1 aromatic heterocycles. The molecule has 5 heteroatoms. The summed E-state index contributed by atoms with van der Waals surface area (Å²) in [5, 5.41) is 3.36. The van der Waals surface area contributed by atoms with Crippen molar-refractivity contribution in [3.05, 3.63) is 46.3 Å². The molecular weight excluding hydrogens is 306 g/mol. The Hall–Kier alpha value is -1.88. The van der Waals surface area contributed by atoms with E-state index in [1.165, 1.54) is 17.3 Å². The first-order chi connectivity index (χ1) is 10.8. The lowest BCUT2D eigenvalue weighted by Crippen LogP contribution is -2.23. The number of carbonyl (C=O) groups is 1. The average Bonchev–Trinajstić information content (AvgIpc) is 2.47. The Morgan fingerprint density at radius 1 is 1.09 bits per heavy atom. The molecule has 0 spiro atoms. The van der Waals surface area contributed by atoms with Crippen molar-refractivity contribution in [2.75, 3.05) is 5.32 Å². The zero-order chi connectivity index (χ0) is 17.1. The molecule has 2 aromatic rings. The molecule has 1 amide bonds. The predicted octanol–water partition coefficient (Wildman–Crippen LogP) is 4.14. The second-order valence-corrected chi connectivity index (χ2v) is 7.18. The number of hydrogen-bond donors (Lipinski definition) is 1. The topological polar surface area (TPSA) is 54.9 Å². The lowest BCUT2D eigenvalue weighted by Gasteiger charge is -2.14. The first kappa shape index (κ1) is 17.5. The average molecular weight is 329 g/mol. The van der Waals surface area contributed by atoms with Gasteiger partial charge in [0, 0.05) is 17.1 Å². The van der Waals surface area contributed by atoms with Gasteiger partial charge in [0.05, 0.1) is 5.25 Å². The van der Waals surface area contributed by atoms with E-state index < -0.39 is 0 Å². The van der Waals surface area contributed by atoms with Gasteiger partial charge in [0.25, 0.3) is 0 Å². The number of anilines is 1. The molecule has 0 aliphatic carbocycles. The van der Waals surface area contributed by atoms with E-state index in [4.69, 9.17) is 0 Å². The summed E-state index contributed by atoms with van der Waals surface area (Å²) in [5.41, 5.74) is 6.12. The molecule has 1 heterocycles. The van der Waals surface area contributed by atoms with Gasteiger partial charge in [-0.15, -0.1) is 0 Å². The van der Waals surface area contributed by atoms with Crippen LogP contribution in [0.4, 0.5) is 5.69 Å². The normalized spacial score (nSPS) is 12.1. The van der Waals surface area contributed by atoms with E-state index in [1.54, 1.807) is 0 Å². The second-order valence-electron chi connectivity index (χ2n) is 5.87. The highest BCUT2D eigenvalue weighted by Crippen LogP contribution is 2.24. The van der Waals surface area contributed by atoms with Crippen molar-refractivity contribution in [2.45, 2.75) is 51.9 Å². The van der Waals surface area contributed by atoms with Crippen molar-refractivity contribution in [2.24, 2.45) is 0 Å². The van der Waals surface area contributed by atoms with Gasteiger partial charge in [-0.3, -0.25) is 4.79 Å². The third-order valence-corrected chi connectivity index (χ3v) is 4.86. The van der Waals surface area contributed by atoms with Crippen LogP contribution in [-0.4, -0.2) is 21.1 Å². The van der Waals surface area contributed by atoms with Crippen LogP contribution in [0.2, 0.25) is 0 Å². The largest absolute Gasteiger partial charge is 0.325 e. The molecule has 2 rings (SSSR count). The van der Waals surface area contributed by atoms with Crippen molar-refractivity contribution in [3.63, 3.8) is 0 Å². The smallest absolute Gasteiger partial charge is 0.237 e. The quantitative estimate of drug-likeness (QED) is 0.676. The van der Waals surface area contributed by atoms with Crippen LogP contribution in [0.15, 0.2) is 23.4 Å². The summed E-state index contributed by atoms with van der Waals surface area (Å²) in [6.45, 7) is 11.8. The lowest BCUT2D eigenvalue weighted by atomic mass is 10.1. The molecule has 1 atom stereocenters. The van der Waals surface area contributed by atoms with Crippen LogP contribution in [-0.2, 0) is 4.79 Å². The van der Waals surface area contributed by atoms with Crippen LogP contribution in [0, 0.1) is 34.6 Å². The van der Waals surface area contributed by atoms with Gasteiger partial charge in [-0.1, -0.05) is 29.5 Å². The lowest BCUT2D eigenvalue weighted by molar-refractivity contribution is -0.115. The molecule has 1 aromatic carbocycles. The molecule has 0 radical (unpaired) electrons. The van der Waals surface area contributed by atoms with E-state index in [-0.39, 0.29) is 11.2 Å². The van der Waals surface area contributed by atoms with E-state index in [0.717, 1.165) is 28.2 Å². The Morgan fingerprint density at radius 2 is 1.70 bits per heavy atom. The van der Waals surface area contributed by atoms with Crippen molar-refractivity contribution in [3.8, 4) is 0 Å². The maximum atomic E-state index is 12.4. The third-order valence-electron chi connectivity index (χ3n) is 3.90. The molecule has 0 bridgehead atoms. The van der Waals surface area contributed by atoms with Crippen LogP contribution in [0.25, 0.3) is 0 Å². The summed E-state index contributed by atoms with van der Waals surface area (Å²) in [4.78, 5) is 21.3. The van der Waals surface area contributed by atoms with Gasteiger partial charge in [-0.2, -0.15) is 0 Å². The summed E-state index contributed by atoms with van der Waals surface area (Å²) in [5.74, 6) is -0.0403. The second kappa shape index (κ2) is 7.13. The molecule has 0 fully saturated rings. The highest BCUT2D eigenvalue weighted by Gasteiger charge is 2.17. The van der Waals surface area contributed by atoms with Crippen LogP contribution in [0.5, 0.6) is 0 Å². The molecular formula is C18H23N3OS. The van der Waals surface area contributed by atoms with Crippen molar-refractivity contribution >= 4 is 23.4 Å². The van der Waals surface area contributed by atoms with Crippen molar-refractivity contribution in [1.82, 2.24) is 9.97 Å². The molecule has 0 saturated carbocycles. The zero-order valence-electron chi connectivity index (χ0n) is 14.5. The fourth-order valence-electron chi connectivity index (χ4n) is 2.19. The van der Waals surface area contributed by atoms with E-state index in [0.29, 0.717) is 5.16 Å². The van der Waals surface area contributed by atoms with E-state index >= 15 is 0 Å². The predicted molar refractivity (Wildman–Crippen MR) is 96.1 cm³/mol. The zero-order valence-corrected chi connectivity index (χ0v) is 15.3. The summed E-state index contributed by atoms with van der Waals surface area (Å²) < 4.78 is 0. The molecule has 0 unspecified atom stereocenters. The number of amides is 1. The van der Waals surface area contributed by atoms with Gasteiger partial charge < -0.3 is 5.32 Å². The fraction of sp³-hybridized carbons (Fsp3) is 0.389. The summed E-state index contributed by atoms with van der Waals surface area (Å²) >= 11 is 1.38. The van der Waals surface area contributed by atoms with E-state index in [9.17, 15) is 4.79 Å². The maximum absolute atomic E-state index is 12.4. The molecule has 0 saturated heterocycles. The van der Waals surface area contributed by atoms with Gasteiger partial charge in [-0.25, -0.2) is 9.97 Å². The Balaban J connectivity index is 2.08. The number of aromatic nitrogens is 2. The van der Waals surface area contributed by atoms with Gasteiger partial charge in [0.1, 0.15) is 0 Å². The van der Waals surface area contributed by atoms with E-state index in [2.05, 4.69) is 21.4 Å². The van der Waals surface area contributed by atoms with Gasteiger partial charge >= 0.3 is 0 Å². The fourth-order valence-corrected chi connectivity index (χ4v) is 3.06. The van der Waals surface area contributed by atoms with Gasteiger partial charge in [0.15, 0.2) is 5.16 Å². The third kappa shape index (κ3) is 4.32. The van der Waals surface area contributed by atoms with Gasteiger partial charge in [0.2, 0.25) is 5.91 Å². The molecule has 122 valence electrons. The monoisotopic (exact) mass is 329 g/mol. The Labute approximate surface area is 142 Å². The number of benzene rings is 1. The van der Waals surface area contributed by atoms with Crippen LogP contribution in [0.3, 0.4) is 0 Å². The highest BCUT2D eigenvalue weighted by molar-refractivity contribution is 8.00. The number of rotatable bonds is 4. The van der Waals surface area contributed by atoms with Crippen molar-refractivity contribution in [1.29, 1.82) is 0 Å². The summed E-state index contributed by atoms with van der Waals surface area (Å²) in [7, 11) is 0. The highest BCUT2D eigenvalue weighted by atomic mass is 32.2. The van der Waals surface area contributed by atoms with Crippen LogP contribution < -0.4 is 5.32 Å². The molecule has 0 aliphatic rings. The minimum atomic E-state index is -0.266. The first-order valence-electron chi connectivity index (χ1n) is 7.64. The molecule has 4 nitrogen and oxygen atoms in total. The Bertz CT molecular complexity index is 720. The summed E-state index contributed by atoms with van der Waals surface area (Å²) in [6.07, 6.45) is 0. The van der Waals surface area contributed by atoms with Crippen molar-refractivity contribution < 1.29 is 4.79 Å². The Morgan fingerprint density at radius 3 is 2.26 bits per heavy atom. The maximum Gasteiger partial charge on any atom is 0.237 e. The number of nitrogens with one attached hydrogen (secondary N) is 1.